The summed E-state index contributed by atoms with van der Waals surface area (Å²) in [7, 11) is 0. The van der Waals surface area contributed by atoms with Gasteiger partial charge in [0.2, 0.25) is 5.91 Å². The normalized spacial score (nSPS) is 19.6. The number of nitrogens with one attached hydrogen (secondary N) is 2. The Labute approximate surface area is 162 Å². The minimum atomic E-state index is -0.162. The molecule has 0 unspecified atom stereocenters. The van der Waals surface area contributed by atoms with Crippen LogP contribution in [0.25, 0.3) is 0 Å². The molecule has 0 aliphatic heterocycles. The predicted octanol–water partition coefficient (Wildman–Crippen LogP) is 4.19. The Morgan fingerprint density at radius 1 is 1.00 bits per heavy atom. The molecule has 148 valence electrons. The second kappa shape index (κ2) is 10.2. The molecule has 0 radical (unpaired) electrons. The molecule has 0 heterocycles. The molecule has 2 rings (SSSR count). The average molecular weight is 373 g/mol. The van der Waals surface area contributed by atoms with E-state index in [-0.39, 0.29) is 29.9 Å². The van der Waals surface area contributed by atoms with Crippen LogP contribution in [-0.2, 0) is 9.59 Å². The molecule has 2 amide bonds. The topological polar surface area (TPSA) is 75.3 Å². The standard InChI is InChI=1S/C22H32N2O3/c1-15(2)14-23-22(27)18-8-10-19(11-9-18)24-21(26)13-12-20(25)17-6-4-16(3)5-7-17/h8-11,15-17H,4-7,12-14H2,1-3H3,(H,23,27)(H,24,26). The van der Waals surface area contributed by atoms with Crippen LogP contribution < -0.4 is 10.6 Å². The van der Waals surface area contributed by atoms with Gasteiger partial charge in [-0.3, -0.25) is 14.4 Å². The third-order valence-corrected chi connectivity index (χ3v) is 5.17. The van der Waals surface area contributed by atoms with Crippen LogP contribution in [0.1, 0.15) is 69.7 Å². The molecule has 5 nitrogen and oxygen atoms in total. The van der Waals surface area contributed by atoms with Crippen molar-refractivity contribution in [3.05, 3.63) is 29.8 Å². The Balaban J connectivity index is 1.75. The van der Waals surface area contributed by atoms with Crippen LogP contribution in [0.4, 0.5) is 5.69 Å². The lowest BCUT2D eigenvalue weighted by Gasteiger charge is -2.24. The Morgan fingerprint density at radius 3 is 2.22 bits per heavy atom. The molecule has 0 saturated heterocycles. The lowest BCUT2D eigenvalue weighted by Crippen LogP contribution is -2.27. The first-order valence-electron chi connectivity index (χ1n) is 10.1. The molecule has 0 atom stereocenters. The van der Waals surface area contributed by atoms with Gasteiger partial charge in [0, 0.05) is 36.6 Å². The number of rotatable bonds is 8. The number of benzene rings is 1. The van der Waals surface area contributed by atoms with Gasteiger partial charge in [-0.25, -0.2) is 0 Å². The maximum Gasteiger partial charge on any atom is 0.251 e. The van der Waals surface area contributed by atoms with Crippen LogP contribution in [0, 0.1) is 17.8 Å². The van der Waals surface area contributed by atoms with Gasteiger partial charge in [-0.15, -0.1) is 0 Å². The minimum Gasteiger partial charge on any atom is -0.352 e. The van der Waals surface area contributed by atoms with E-state index in [1.165, 1.54) is 0 Å². The van der Waals surface area contributed by atoms with Gasteiger partial charge in [-0.05, 0) is 48.9 Å². The molecule has 0 spiro atoms. The third kappa shape index (κ3) is 7.16. The first-order chi connectivity index (χ1) is 12.8. The average Bonchev–Trinajstić information content (AvgIpc) is 2.65. The first-order valence-corrected chi connectivity index (χ1v) is 10.1. The second-order valence-corrected chi connectivity index (χ2v) is 8.15. The Kier molecular flexibility index (Phi) is 8.01. The molecule has 5 heteroatoms. The molecule has 2 N–H and O–H groups in total. The summed E-state index contributed by atoms with van der Waals surface area (Å²) < 4.78 is 0. The Bertz CT molecular complexity index is 644. The van der Waals surface area contributed by atoms with Crippen LogP contribution in [-0.4, -0.2) is 24.1 Å². The van der Waals surface area contributed by atoms with Crippen LogP contribution in [0.2, 0.25) is 0 Å². The van der Waals surface area contributed by atoms with E-state index >= 15 is 0 Å². The fourth-order valence-corrected chi connectivity index (χ4v) is 3.35. The number of carbonyl (C=O) groups is 3. The van der Waals surface area contributed by atoms with E-state index < -0.39 is 0 Å². The van der Waals surface area contributed by atoms with Gasteiger partial charge in [0.25, 0.3) is 5.91 Å². The minimum absolute atomic E-state index is 0.117. The van der Waals surface area contributed by atoms with E-state index in [9.17, 15) is 14.4 Å². The van der Waals surface area contributed by atoms with Crippen LogP contribution in [0.5, 0.6) is 0 Å². The summed E-state index contributed by atoms with van der Waals surface area (Å²) in [5.41, 5.74) is 1.20. The third-order valence-electron chi connectivity index (χ3n) is 5.17. The van der Waals surface area contributed by atoms with Crippen molar-refractivity contribution in [1.29, 1.82) is 0 Å². The summed E-state index contributed by atoms with van der Waals surface area (Å²) in [4.78, 5) is 36.4. The number of carbonyl (C=O) groups excluding carboxylic acids is 3. The summed E-state index contributed by atoms with van der Waals surface area (Å²) in [5, 5.41) is 5.66. The van der Waals surface area contributed by atoms with Crippen molar-refractivity contribution >= 4 is 23.3 Å². The Morgan fingerprint density at radius 2 is 1.63 bits per heavy atom. The SMILES string of the molecule is CC(C)CNC(=O)c1ccc(NC(=O)CCC(=O)C2CCC(C)CC2)cc1. The van der Waals surface area contributed by atoms with E-state index in [0.717, 1.165) is 25.7 Å². The number of amides is 2. The fourth-order valence-electron chi connectivity index (χ4n) is 3.35. The van der Waals surface area contributed by atoms with Gasteiger partial charge in [0.1, 0.15) is 5.78 Å². The molecule has 1 saturated carbocycles. The van der Waals surface area contributed by atoms with Gasteiger partial charge >= 0.3 is 0 Å². The monoisotopic (exact) mass is 372 g/mol. The summed E-state index contributed by atoms with van der Waals surface area (Å²) in [5.74, 6) is 1.19. The van der Waals surface area contributed by atoms with E-state index in [2.05, 4.69) is 17.6 Å². The maximum atomic E-state index is 12.3. The molecule has 1 aliphatic carbocycles. The van der Waals surface area contributed by atoms with Gasteiger partial charge in [-0.2, -0.15) is 0 Å². The van der Waals surface area contributed by atoms with Crippen LogP contribution in [0.3, 0.4) is 0 Å². The quantitative estimate of drug-likeness (QED) is 0.718. The lowest BCUT2D eigenvalue weighted by atomic mass is 9.80. The summed E-state index contributed by atoms with van der Waals surface area (Å²) in [6, 6.07) is 6.82. The number of hydrogen-bond donors (Lipinski definition) is 2. The number of anilines is 1. The van der Waals surface area contributed by atoms with E-state index in [1.807, 2.05) is 13.8 Å². The van der Waals surface area contributed by atoms with Crippen molar-refractivity contribution in [1.82, 2.24) is 5.32 Å². The van der Waals surface area contributed by atoms with Crippen molar-refractivity contribution in [3.8, 4) is 0 Å². The Hall–Kier alpha value is -2.17. The van der Waals surface area contributed by atoms with Crippen LogP contribution >= 0.6 is 0 Å². The largest absolute Gasteiger partial charge is 0.352 e. The van der Waals surface area contributed by atoms with Crippen molar-refractivity contribution < 1.29 is 14.4 Å². The lowest BCUT2D eigenvalue weighted by molar-refractivity contribution is -0.126. The highest BCUT2D eigenvalue weighted by molar-refractivity contribution is 5.96. The van der Waals surface area contributed by atoms with E-state index in [0.29, 0.717) is 36.1 Å². The number of ketones is 1. The van der Waals surface area contributed by atoms with Gasteiger partial charge in [0.15, 0.2) is 0 Å². The molecule has 0 bridgehead atoms. The fraction of sp³-hybridized carbons (Fsp3) is 0.591. The smallest absolute Gasteiger partial charge is 0.251 e. The zero-order valence-electron chi connectivity index (χ0n) is 16.7. The highest BCUT2D eigenvalue weighted by Crippen LogP contribution is 2.29. The number of Topliss-reactive ketones (excluding diaryl/α,β-unsaturated/α-hetero) is 1. The predicted molar refractivity (Wildman–Crippen MR) is 108 cm³/mol. The summed E-state index contributed by atoms with van der Waals surface area (Å²) in [6.45, 7) is 6.94. The van der Waals surface area contributed by atoms with E-state index in [4.69, 9.17) is 0 Å². The molecule has 0 aromatic heterocycles. The molecule has 1 fully saturated rings. The van der Waals surface area contributed by atoms with Crippen molar-refractivity contribution in [2.24, 2.45) is 17.8 Å². The molecule has 1 aromatic rings. The zero-order valence-corrected chi connectivity index (χ0v) is 16.7. The van der Waals surface area contributed by atoms with Gasteiger partial charge in [0.05, 0.1) is 0 Å². The highest BCUT2D eigenvalue weighted by atomic mass is 16.2. The summed E-state index contributed by atoms with van der Waals surface area (Å²) >= 11 is 0. The number of hydrogen-bond acceptors (Lipinski definition) is 3. The first kappa shape index (κ1) is 21.1. The highest BCUT2D eigenvalue weighted by Gasteiger charge is 2.24. The molecular weight excluding hydrogens is 340 g/mol. The molecule has 1 aromatic carbocycles. The molecular formula is C22H32N2O3. The van der Waals surface area contributed by atoms with E-state index in [1.54, 1.807) is 24.3 Å². The van der Waals surface area contributed by atoms with Crippen LogP contribution in [0.15, 0.2) is 24.3 Å². The van der Waals surface area contributed by atoms with Crippen molar-refractivity contribution in [2.45, 2.75) is 59.3 Å². The maximum absolute atomic E-state index is 12.3. The second-order valence-electron chi connectivity index (χ2n) is 8.15. The van der Waals surface area contributed by atoms with Crippen molar-refractivity contribution in [3.63, 3.8) is 0 Å². The zero-order chi connectivity index (χ0) is 19.8. The van der Waals surface area contributed by atoms with Crippen molar-refractivity contribution in [2.75, 3.05) is 11.9 Å². The summed E-state index contributed by atoms with van der Waals surface area (Å²) in [6.07, 6.45) is 4.66. The molecule has 27 heavy (non-hydrogen) atoms. The van der Waals surface area contributed by atoms with Gasteiger partial charge in [-0.1, -0.05) is 33.6 Å². The molecule has 1 aliphatic rings. The van der Waals surface area contributed by atoms with Gasteiger partial charge < -0.3 is 10.6 Å².